The first-order chi connectivity index (χ1) is 5.29. The van der Waals surface area contributed by atoms with Crippen molar-refractivity contribution in [2.75, 3.05) is 0 Å². The standard InChI is InChI=1S/C8H8N2O/c1-5-8-6(10-9-5)3-2-4-7(8)11/h2-4,8,10H,1H3. The Morgan fingerprint density at radius 2 is 2.45 bits per heavy atom. The molecule has 1 atom stereocenters. The average Bonchev–Trinajstić information content (AvgIpc) is 2.34. The summed E-state index contributed by atoms with van der Waals surface area (Å²) < 4.78 is 0. The molecule has 0 aromatic rings. The van der Waals surface area contributed by atoms with Gasteiger partial charge in [0.15, 0.2) is 5.78 Å². The Hall–Kier alpha value is -1.38. The highest BCUT2D eigenvalue weighted by Crippen LogP contribution is 2.21. The van der Waals surface area contributed by atoms with Gasteiger partial charge in [0, 0.05) is 0 Å². The van der Waals surface area contributed by atoms with E-state index in [1.807, 2.05) is 13.0 Å². The highest BCUT2D eigenvalue weighted by Gasteiger charge is 2.29. The van der Waals surface area contributed by atoms with E-state index in [1.165, 1.54) is 0 Å². The van der Waals surface area contributed by atoms with Crippen LogP contribution in [0.25, 0.3) is 0 Å². The maximum absolute atomic E-state index is 11.2. The quantitative estimate of drug-likeness (QED) is 0.546. The smallest absolute Gasteiger partial charge is 0.170 e. The van der Waals surface area contributed by atoms with Gasteiger partial charge in [-0.25, -0.2) is 0 Å². The Labute approximate surface area is 64.5 Å². The number of fused-ring (bicyclic) bond motifs is 1. The monoisotopic (exact) mass is 148 g/mol. The first-order valence-corrected chi connectivity index (χ1v) is 3.51. The van der Waals surface area contributed by atoms with Crippen LogP contribution in [0.4, 0.5) is 0 Å². The summed E-state index contributed by atoms with van der Waals surface area (Å²) in [5.41, 5.74) is 4.57. The van der Waals surface area contributed by atoms with Crippen LogP contribution < -0.4 is 5.43 Å². The number of carbonyl (C=O) groups excluding carboxylic acids is 1. The molecular weight excluding hydrogens is 140 g/mol. The Morgan fingerprint density at radius 1 is 1.64 bits per heavy atom. The van der Waals surface area contributed by atoms with Crippen LogP contribution in [0.15, 0.2) is 29.0 Å². The van der Waals surface area contributed by atoms with Gasteiger partial charge in [0.2, 0.25) is 0 Å². The van der Waals surface area contributed by atoms with E-state index in [2.05, 4.69) is 10.5 Å². The Kier molecular flexibility index (Phi) is 1.18. The van der Waals surface area contributed by atoms with Gasteiger partial charge in [0.05, 0.1) is 11.4 Å². The molecule has 0 aromatic heterocycles. The molecule has 2 aliphatic rings. The fraction of sp³-hybridized carbons (Fsp3) is 0.250. The summed E-state index contributed by atoms with van der Waals surface area (Å²) in [5.74, 6) is -0.00579. The topological polar surface area (TPSA) is 41.5 Å². The number of nitrogens with one attached hydrogen (secondary N) is 1. The third kappa shape index (κ3) is 0.808. The van der Waals surface area contributed by atoms with Crippen molar-refractivity contribution in [2.45, 2.75) is 6.92 Å². The van der Waals surface area contributed by atoms with Crippen LogP contribution >= 0.6 is 0 Å². The lowest BCUT2D eigenvalue weighted by Crippen LogP contribution is -2.22. The van der Waals surface area contributed by atoms with Crippen LogP contribution in [0.1, 0.15) is 6.92 Å². The van der Waals surface area contributed by atoms with Gasteiger partial charge in [0.25, 0.3) is 0 Å². The van der Waals surface area contributed by atoms with E-state index in [9.17, 15) is 4.79 Å². The summed E-state index contributed by atoms with van der Waals surface area (Å²) in [5, 5.41) is 3.97. The van der Waals surface area contributed by atoms with Crippen LogP contribution in [0, 0.1) is 5.92 Å². The molecule has 0 spiro atoms. The van der Waals surface area contributed by atoms with E-state index >= 15 is 0 Å². The molecule has 1 unspecified atom stereocenters. The van der Waals surface area contributed by atoms with Gasteiger partial charge in [-0.2, -0.15) is 5.10 Å². The van der Waals surface area contributed by atoms with E-state index in [4.69, 9.17) is 0 Å². The molecule has 1 aliphatic carbocycles. The van der Waals surface area contributed by atoms with E-state index < -0.39 is 0 Å². The second-order valence-corrected chi connectivity index (χ2v) is 2.68. The minimum atomic E-state index is -0.125. The molecule has 0 aromatic carbocycles. The SMILES string of the molecule is CC1=NNC2=CC=CC(=O)C21. The van der Waals surface area contributed by atoms with Gasteiger partial charge in [-0.3, -0.25) is 10.2 Å². The highest BCUT2D eigenvalue weighted by atomic mass is 16.1. The van der Waals surface area contributed by atoms with Gasteiger partial charge >= 0.3 is 0 Å². The molecule has 1 aliphatic heterocycles. The normalized spacial score (nSPS) is 27.4. The highest BCUT2D eigenvalue weighted by molar-refractivity contribution is 6.13. The second-order valence-electron chi connectivity index (χ2n) is 2.68. The maximum atomic E-state index is 11.2. The van der Waals surface area contributed by atoms with E-state index in [0.717, 1.165) is 11.4 Å². The van der Waals surface area contributed by atoms with Crippen LogP contribution in [0.2, 0.25) is 0 Å². The number of rotatable bonds is 0. The van der Waals surface area contributed by atoms with Gasteiger partial charge < -0.3 is 0 Å². The molecule has 1 heterocycles. The largest absolute Gasteiger partial charge is 0.294 e. The Bertz CT molecular complexity index is 299. The first-order valence-electron chi connectivity index (χ1n) is 3.51. The van der Waals surface area contributed by atoms with Crippen molar-refractivity contribution in [1.29, 1.82) is 0 Å². The Balaban J connectivity index is 2.42. The minimum Gasteiger partial charge on any atom is -0.294 e. The van der Waals surface area contributed by atoms with E-state index in [1.54, 1.807) is 12.2 Å². The number of carbonyl (C=O) groups is 1. The number of allylic oxidation sites excluding steroid dienone is 4. The fourth-order valence-corrected chi connectivity index (χ4v) is 1.34. The third-order valence-corrected chi connectivity index (χ3v) is 1.91. The fourth-order valence-electron chi connectivity index (χ4n) is 1.34. The van der Waals surface area contributed by atoms with Crippen molar-refractivity contribution < 1.29 is 4.79 Å². The summed E-state index contributed by atoms with van der Waals surface area (Å²) in [6, 6.07) is 0. The number of hydrogen-bond donors (Lipinski definition) is 1. The van der Waals surface area contributed by atoms with Crippen molar-refractivity contribution in [3.05, 3.63) is 23.9 Å². The predicted molar refractivity (Wildman–Crippen MR) is 42.0 cm³/mol. The lowest BCUT2D eigenvalue weighted by Gasteiger charge is -2.10. The van der Waals surface area contributed by atoms with E-state index in [-0.39, 0.29) is 11.7 Å². The van der Waals surface area contributed by atoms with Crippen LogP contribution in [-0.2, 0) is 4.79 Å². The molecule has 11 heavy (non-hydrogen) atoms. The molecule has 2 rings (SSSR count). The summed E-state index contributed by atoms with van der Waals surface area (Å²) >= 11 is 0. The van der Waals surface area contributed by atoms with Crippen molar-refractivity contribution in [2.24, 2.45) is 11.0 Å². The van der Waals surface area contributed by atoms with Gasteiger partial charge in [0.1, 0.15) is 5.92 Å². The predicted octanol–water partition coefficient (Wildman–Crippen LogP) is 0.605. The van der Waals surface area contributed by atoms with Crippen molar-refractivity contribution in [3.8, 4) is 0 Å². The van der Waals surface area contributed by atoms with Gasteiger partial charge in [-0.1, -0.05) is 6.08 Å². The maximum Gasteiger partial charge on any atom is 0.170 e. The minimum absolute atomic E-state index is 0.119. The summed E-state index contributed by atoms with van der Waals surface area (Å²) in [7, 11) is 0. The number of hydrogen-bond acceptors (Lipinski definition) is 3. The van der Waals surface area contributed by atoms with Gasteiger partial charge in [-0.05, 0) is 19.1 Å². The zero-order valence-electron chi connectivity index (χ0n) is 6.16. The molecule has 0 saturated carbocycles. The van der Waals surface area contributed by atoms with Crippen molar-refractivity contribution in [1.82, 2.24) is 5.43 Å². The zero-order chi connectivity index (χ0) is 7.84. The van der Waals surface area contributed by atoms with Crippen molar-refractivity contribution in [3.63, 3.8) is 0 Å². The molecular formula is C8H8N2O. The van der Waals surface area contributed by atoms with Crippen LogP contribution in [0.5, 0.6) is 0 Å². The summed E-state index contributed by atoms with van der Waals surface area (Å²) in [6.45, 7) is 1.86. The molecule has 3 nitrogen and oxygen atoms in total. The lowest BCUT2D eigenvalue weighted by atomic mass is 9.93. The molecule has 0 fully saturated rings. The molecule has 0 radical (unpaired) electrons. The molecule has 1 N–H and O–H groups in total. The number of hydrazone groups is 1. The van der Waals surface area contributed by atoms with Crippen molar-refractivity contribution >= 4 is 11.5 Å². The second kappa shape index (κ2) is 2.05. The van der Waals surface area contributed by atoms with Crippen LogP contribution in [0.3, 0.4) is 0 Å². The van der Waals surface area contributed by atoms with E-state index in [0.29, 0.717) is 0 Å². The lowest BCUT2D eigenvalue weighted by molar-refractivity contribution is -0.115. The molecule has 0 amide bonds. The third-order valence-electron chi connectivity index (χ3n) is 1.91. The molecule has 0 bridgehead atoms. The number of nitrogens with zero attached hydrogens (tertiary/aromatic N) is 1. The number of ketones is 1. The van der Waals surface area contributed by atoms with Crippen LogP contribution in [-0.4, -0.2) is 11.5 Å². The first kappa shape index (κ1) is 6.34. The summed E-state index contributed by atoms with van der Waals surface area (Å²) in [6.07, 6.45) is 5.21. The zero-order valence-corrected chi connectivity index (χ0v) is 6.16. The average molecular weight is 148 g/mol. The van der Waals surface area contributed by atoms with Gasteiger partial charge in [-0.15, -0.1) is 0 Å². The molecule has 56 valence electrons. The summed E-state index contributed by atoms with van der Waals surface area (Å²) in [4.78, 5) is 11.2. The molecule has 3 heteroatoms. The Morgan fingerprint density at radius 3 is 3.18 bits per heavy atom. The molecule has 0 saturated heterocycles.